The minimum absolute atomic E-state index is 0.0888. The van der Waals surface area contributed by atoms with Crippen molar-refractivity contribution in [1.82, 2.24) is 5.32 Å². The normalized spacial score (nSPS) is 10.5. The SMILES string of the molecule is COC(=O)c1sccc1NC(=O)CCCNC(C)C. The van der Waals surface area contributed by atoms with Crippen molar-refractivity contribution in [2.24, 2.45) is 0 Å². The number of carbonyl (C=O) groups is 2. The monoisotopic (exact) mass is 284 g/mol. The Labute approximate surface area is 117 Å². The first-order chi connectivity index (χ1) is 9.04. The summed E-state index contributed by atoms with van der Waals surface area (Å²) in [5.41, 5.74) is 0.527. The molecule has 0 atom stereocenters. The third kappa shape index (κ3) is 5.40. The molecular weight excluding hydrogens is 264 g/mol. The highest BCUT2D eigenvalue weighted by atomic mass is 32.1. The van der Waals surface area contributed by atoms with Crippen molar-refractivity contribution >= 4 is 28.9 Å². The average Bonchev–Trinajstić information content (AvgIpc) is 2.81. The summed E-state index contributed by atoms with van der Waals surface area (Å²) in [5.74, 6) is -0.513. The second-order valence-corrected chi connectivity index (χ2v) is 5.33. The number of nitrogens with one attached hydrogen (secondary N) is 2. The van der Waals surface area contributed by atoms with Gasteiger partial charge in [-0.25, -0.2) is 4.79 Å². The quantitative estimate of drug-likeness (QED) is 0.595. The van der Waals surface area contributed by atoms with Gasteiger partial charge in [-0.2, -0.15) is 0 Å². The Bertz CT molecular complexity index is 429. The van der Waals surface area contributed by atoms with Gasteiger partial charge in [0.15, 0.2) is 0 Å². The van der Waals surface area contributed by atoms with E-state index in [4.69, 9.17) is 0 Å². The number of anilines is 1. The molecular formula is C13H20N2O3S. The predicted octanol–water partition coefficient (Wildman–Crippen LogP) is 2.25. The summed E-state index contributed by atoms with van der Waals surface area (Å²) < 4.78 is 4.65. The Kier molecular flexibility index (Phi) is 6.52. The van der Waals surface area contributed by atoms with E-state index in [2.05, 4.69) is 29.2 Å². The molecule has 1 rings (SSSR count). The molecule has 0 spiro atoms. The maximum absolute atomic E-state index is 11.7. The van der Waals surface area contributed by atoms with E-state index in [0.29, 0.717) is 23.0 Å². The summed E-state index contributed by atoms with van der Waals surface area (Å²) in [6.45, 7) is 4.93. The van der Waals surface area contributed by atoms with Gasteiger partial charge in [0.2, 0.25) is 5.91 Å². The predicted molar refractivity (Wildman–Crippen MR) is 76.7 cm³/mol. The van der Waals surface area contributed by atoms with Crippen LogP contribution in [0.1, 0.15) is 36.4 Å². The fraction of sp³-hybridized carbons (Fsp3) is 0.538. The van der Waals surface area contributed by atoms with Crippen LogP contribution in [0.2, 0.25) is 0 Å². The third-order valence-electron chi connectivity index (χ3n) is 2.44. The Morgan fingerprint density at radius 2 is 2.16 bits per heavy atom. The largest absolute Gasteiger partial charge is 0.465 e. The lowest BCUT2D eigenvalue weighted by atomic mass is 10.2. The molecule has 6 heteroatoms. The molecule has 1 aromatic heterocycles. The summed E-state index contributed by atoms with van der Waals surface area (Å²) in [7, 11) is 1.32. The Morgan fingerprint density at radius 3 is 2.79 bits per heavy atom. The molecule has 19 heavy (non-hydrogen) atoms. The molecule has 0 unspecified atom stereocenters. The van der Waals surface area contributed by atoms with Crippen LogP contribution in [0.4, 0.5) is 5.69 Å². The van der Waals surface area contributed by atoms with Crippen molar-refractivity contribution in [1.29, 1.82) is 0 Å². The number of amides is 1. The molecule has 0 fully saturated rings. The topological polar surface area (TPSA) is 67.4 Å². The van der Waals surface area contributed by atoms with Crippen LogP contribution in [-0.2, 0) is 9.53 Å². The smallest absolute Gasteiger partial charge is 0.350 e. The van der Waals surface area contributed by atoms with Crippen LogP contribution in [0, 0.1) is 0 Å². The van der Waals surface area contributed by atoms with Crippen LogP contribution in [0.15, 0.2) is 11.4 Å². The first-order valence-electron chi connectivity index (χ1n) is 6.23. The van der Waals surface area contributed by atoms with Crippen LogP contribution in [0.25, 0.3) is 0 Å². The molecule has 1 aromatic rings. The molecule has 0 aliphatic carbocycles. The van der Waals surface area contributed by atoms with Crippen molar-refractivity contribution in [2.75, 3.05) is 19.0 Å². The molecule has 0 aromatic carbocycles. The number of rotatable bonds is 7. The minimum atomic E-state index is -0.424. The van der Waals surface area contributed by atoms with Crippen LogP contribution in [-0.4, -0.2) is 31.6 Å². The number of ether oxygens (including phenoxy) is 1. The van der Waals surface area contributed by atoms with Gasteiger partial charge < -0.3 is 15.4 Å². The van der Waals surface area contributed by atoms with E-state index in [1.54, 1.807) is 11.4 Å². The molecule has 1 amide bonds. The van der Waals surface area contributed by atoms with E-state index in [1.165, 1.54) is 18.4 Å². The highest BCUT2D eigenvalue weighted by Gasteiger charge is 2.15. The van der Waals surface area contributed by atoms with Crippen LogP contribution in [0.5, 0.6) is 0 Å². The molecule has 0 aliphatic heterocycles. The molecule has 1 heterocycles. The maximum Gasteiger partial charge on any atom is 0.350 e. The Hall–Kier alpha value is -1.40. The maximum atomic E-state index is 11.7. The fourth-order valence-corrected chi connectivity index (χ4v) is 2.28. The standard InChI is InChI=1S/C13H20N2O3S/c1-9(2)14-7-4-5-11(16)15-10-6-8-19-12(10)13(17)18-3/h6,8-9,14H,4-5,7H2,1-3H3,(H,15,16). The van der Waals surface area contributed by atoms with Crippen LogP contribution < -0.4 is 10.6 Å². The first kappa shape index (κ1) is 15.7. The second kappa shape index (κ2) is 7.91. The molecule has 0 bridgehead atoms. The number of carbonyl (C=O) groups excluding carboxylic acids is 2. The summed E-state index contributed by atoms with van der Waals surface area (Å²) in [6, 6.07) is 2.13. The zero-order chi connectivity index (χ0) is 14.3. The van der Waals surface area contributed by atoms with Gasteiger partial charge in [0.25, 0.3) is 0 Å². The molecule has 2 N–H and O–H groups in total. The van der Waals surface area contributed by atoms with Gasteiger partial charge in [-0.05, 0) is 24.4 Å². The average molecular weight is 284 g/mol. The lowest BCUT2D eigenvalue weighted by molar-refractivity contribution is -0.116. The van der Waals surface area contributed by atoms with Gasteiger partial charge in [0.05, 0.1) is 12.8 Å². The number of esters is 1. The molecule has 0 aliphatic rings. The molecule has 0 radical (unpaired) electrons. The van der Waals surface area contributed by atoms with E-state index in [1.807, 2.05) is 0 Å². The van der Waals surface area contributed by atoms with Crippen molar-refractivity contribution in [3.05, 3.63) is 16.3 Å². The van der Waals surface area contributed by atoms with E-state index in [9.17, 15) is 9.59 Å². The van der Waals surface area contributed by atoms with Crippen LogP contribution in [0.3, 0.4) is 0 Å². The first-order valence-corrected chi connectivity index (χ1v) is 7.11. The van der Waals surface area contributed by atoms with Gasteiger partial charge in [-0.1, -0.05) is 13.8 Å². The van der Waals surface area contributed by atoms with Crippen molar-refractivity contribution in [3.8, 4) is 0 Å². The third-order valence-corrected chi connectivity index (χ3v) is 3.34. The lowest BCUT2D eigenvalue weighted by Gasteiger charge is -2.08. The fourth-order valence-electron chi connectivity index (χ4n) is 1.51. The Balaban J connectivity index is 2.40. The highest BCUT2D eigenvalue weighted by molar-refractivity contribution is 7.12. The van der Waals surface area contributed by atoms with Crippen molar-refractivity contribution < 1.29 is 14.3 Å². The lowest BCUT2D eigenvalue weighted by Crippen LogP contribution is -2.24. The highest BCUT2D eigenvalue weighted by Crippen LogP contribution is 2.23. The van der Waals surface area contributed by atoms with Gasteiger partial charge in [0, 0.05) is 12.5 Å². The number of methoxy groups -OCH3 is 1. The number of thiophene rings is 1. The second-order valence-electron chi connectivity index (χ2n) is 4.42. The summed E-state index contributed by atoms with van der Waals surface area (Å²) in [5, 5.41) is 7.74. The zero-order valence-corrected chi connectivity index (χ0v) is 12.3. The van der Waals surface area contributed by atoms with Gasteiger partial charge in [-0.15, -0.1) is 11.3 Å². The zero-order valence-electron chi connectivity index (χ0n) is 11.5. The van der Waals surface area contributed by atoms with Crippen molar-refractivity contribution in [3.63, 3.8) is 0 Å². The molecule has 0 saturated heterocycles. The van der Waals surface area contributed by atoms with Gasteiger partial charge in [-0.3, -0.25) is 4.79 Å². The van der Waals surface area contributed by atoms with E-state index in [0.717, 1.165) is 13.0 Å². The number of hydrogen-bond donors (Lipinski definition) is 2. The van der Waals surface area contributed by atoms with Crippen LogP contribution >= 0.6 is 11.3 Å². The van der Waals surface area contributed by atoms with E-state index >= 15 is 0 Å². The number of hydrogen-bond acceptors (Lipinski definition) is 5. The molecule has 5 nitrogen and oxygen atoms in total. The van der Waals surface area contributed by atoms with Crippen molar-refractivity contribution in [2.45, 2.75) is 32.7 Å². The minimum Gasteiger partial charge on any atom is -0.465 e. The molecule has 106 valence electrons. The summed E-state index contributed by atoms with van der Waals surface area (Å²) >= 11 is 1.25. The van der Waals surface area contributed by atoms with Gasteiger partial charge >= 0.3 is 5.97 Å². The van der Waals surface area contributed by atoms with E-state index < -0.39 is 5.97 Å². The molecule has 0 saturated carbocycles. The summed E-state index contributed by atoms with van der Waals surface area (Å²) in [4.78, 5) is 23.6. The summed E-state index contributed by atoms with van der Waals surface area (Å²) in [6.07, 6.45) is 1.19. The van der Waals surface area contributed by atoms with E-state index in [-0.39, 0.29) is 5.91 Å². The van der Waals surface area contributed by atoms with Gasteiger partial charge in [0.1, 0.15) is 4.88 Å². The Morgan fingerprint density at radius 1 is 1.42 bits per heavy atom.